The summed E-state index contributed by atoms with van der Waals surface area (Å²) in [5.41, 5.74) is 6.65. The van der Waals surface area contributed by atoms with Gasteiger partial charge in [0, 0.05) is 25.2 Å². The highest BCUT2D eigenvalue weighted by Gasteiger charge is 2.30. The van der Waals surface area contributed by atoms with Crippen LogP contribution in [0.4, 0.5) is 0 Å². The van der Waals surface area contributed by atoms with Gasteiger partial charge in [-0.15, -0.1) is 0 Å². The van der Waals surface area contributed by atoms with Gasteiger partial charge in [0.25, 0.3) is 0 Å². The molecule has 1 fully saturated rings. The number of hydrogen-bond acceptors (Lipinski definition) is 4. The summed E-state index contributed by atoms with van der Waals surface area (Å²) in [4.78, 5) is 13.9. The number of carbonyl (C=O) groups is 1. The van der Waals surface area contributed by atoms with E-state index in [-0.39, 0.29) is 18.4 Å². The zero-order chi connectivity index (χ0) is 16.1. The molecular weight excluding hydrogens is 304 g/mol. The van der Waals surface area contributed by atoms with E-state index in [9.17, 15) is 9.90 Å². The molecule has 1 aliphatic rings. The average molecular weight is 327 g/mol. The van der Waals surface area contributed by atoms with Crippen LogP contribution in [0.15, 0.2) is 24.3 Å². The molecule has 122 valence electrons. The number of aliphatic hydroxyl groups excluding tert-OH is 1. The predicted octanol–water partition coefficient (Wildman–Crippen LogP) is 1.59. The minimum Gasteiger partial charge on any atom is -0.388 e. The summed E-state index contributed by atoms with van der Waals surface area (Å²) in [6, 6.07) is 6.64. The molecule has 1 saturated heterocycles. The molecule has 0 saturated carbocycles. The fourth-order valence-electron chi connectivity index (χ4n) is 2.85. The average Bonchev–Trinajstić information content (AvgIpc) is 2.54. The van der Waals surface area contributed by atoms with Crippen molar-refractivity contribution in [2.24, 2.45) is 11.7 Å². The third kappa shape index (κ3) is 4.20. The Labute approximate surface area is 136 Å². The Kier molecular flexibility index (Phi) is 6.20. The van der Waals surface area contributed by atoms with E-state index >= 15 is 0 Å². The van der Waals surface area contributed by atoms with E-state index in [1.54, 1.807) is 17.0 Å². The maximum absolute atomic E-state index is 12.1. The zero-order valence-electron chi connectivity index (χ0n) is 12.7. The first-order valence-electron chi connectivity index (χ1n) is 7.49. The van der Waals surface area contributed by atoms with Crippen molar-refractivity contribution in [1.82, 2.24) is 4.90 Å². The number of likely N-dealkylation sites (tertiary alicyclic amines) is 1. The fourth-order valence-corrected chi connectivity index (χ4v) is 2.98. The topological polar surface area (TPSA) is 75.8 Å². The smallest absolute Gasteiger partial charge is 0.241 e. The van der Waals surface area contributed by atoms with Crippen molar-refractivity contribution in [2.45, 2.75) is 25.0 Å². The Balaban J connectivity index is 1.89. The van der Waals surface area contributed by atoms with Gasteiger partial charge in [-0.3, -0.25) is 4.79 Å². The van der Waals surface area contributed by atoms with Crippen LogP contribution in [0.5, 0.6) is 0 Å². The second-order valence-corrected chi connectivity index (χ2v) is 6.16. The minimum atomic E-state index is -0.609. The van der Waals surface area contributed by atoms with Crippen molar-refractivity contribution >= 4 is 17.5 Å². The van der Waals surface area contributed by atoms with Crippen LogP contribution in [0.1, 0.15) is 24.5 Å². The highest BCUT2D eigenvalue weighted by molar-refractivity contribution is 6.30. The van der Waals surface area contributed by atoms with Gasteiger partial charge >= 0.3 is 0 Å². The summed E-state index contributed by atoms with van der Waals surface area (Å²) in [5, 5.41) is 11.1. The molecule has 1 amide bonds. The summed E-state index contributed by atoms with van der Waals surface area (Å²) in [6.07, 6.45) is 0.993. The van der Waals surface area contributed by atoms with Gasteiger partial charge in [-0.1, -0.05) is 23.7 Å². The molecule has 0 spiro atoms. The summed E-state index contributed by atoms with van der Waals surface area (Å²) < 4.78 is 4.92. The van der Waals surface area contributed by atoms with Crippen molar-refractivity contribution in [3.63, 3.8) is 0 Å². The van der Waals surface area contributed by atoms with Crippen LogP contribution in [-0.2, 0) is 9.53 Å². The number of nitrogens with zero attached hydrogens (tertiary/aromatic N) is 1. The van der Waals surface area contributed by atoms with Crippen molar-refractivity contribution in [3.8, 4) is 0 Å². The largest absolute Gasteiger partial charge is 0.388 e. The van der Waals surface area contributed by atoms with E-state index in [2.05, 4.69) is 0 Å². The first kappa shape index (κ1) is 17.2. The van der Waals surface area contributed by atoms with Crippen molar-refractivity contribution in [3.05, 3.63) is 34.9 Å². The molecule has 1 aliphatic heterocycles. The maximum atomic E-state index is 12.1. The second kappa shape index (κ2) is 7.92. The first-order chi connectivity index (χ1) is 10.5. The zero-order valence-corrected chi connectivity index (χ0v) is 13.5. The molecule has 0 radical (unpaired) electrons. The number of aliphatic hydroxyl groups is 1. The normalized spacial score (nSPS) is 19.0. The van der Waals surface area contributed by atoms with Crippen LogP contribution in [-0.4, -0.2) is 48.8 Å². The molecule has 0 aromatic heterocycles. The Hall–Kier alpha value is -1.14. The predicted molar refractivity (Wildman–Crippen MR) is 85.6 cm³/mol. The molecule has 2 unspecified atom stereocenters. The summed E-state index contributed by atoms with van der Waals surface area (Å²) >= 11 is 5.86. The molecule has 0 aliphatic carbocycles. The Morgan fingerprint density at radius 3 is 2.55 bits per heavy atom. The highest BCUT2D eigenvalue weighted by Crippen LogP contribution is 2.31. The standard InChI is InChI=1S/C16H23ClN2O3/c1-22-10-14(18)16(21)19-8-6-12(7-9-19)15(20)11-2-4-13(17)5-3-11/h2-5,12,14-15,20H,6-10,18H2,1H3. The second-order valence-electron chi connectivity index (χ2n) is 5.72. The van der Waals surface area contributed by atoms with Gasteiger partial charge in [0.05, 0.1) is 12.7 Å². The molecule has 3 N–H and O–H groups in total. The van der Waals surface area contributed by atoms with Crippen LogP contribution in [0, 0.1) is 5.92 Å². The maximum Gasteiger partial charge on any atom is 0.241 e. The summed E-state index contributed by atoms with van der Waals surface area (Å²) in [7, 11) is 1.53. The first-order valence-corrected chi connectivity index (χ1v) is 7.87. The van der Waals surface area contributed by atoms with Gasteiger partial charge in [0.1, 0.15) is 6.04 Å². The van der Waals surface area contributed by atoms with E-state index in [1.807, 2.05) is 12.1 Å². The van der Waals surface area contributed by atoms with Gasteiger partial charge in [0.2, 0.25) is 5.91 Å². The minimum absolute atomic E-state index is 0.0821. The monoisotopic (exact) mass is 326 g/mol. The number of nitrogens with two attached hydrogens (primary N) is 1. The van der Waals surface area contributed by atoms with E-state index < -0.39 is 12.1 Å². The lowest BCUT2D eigenvalue weighted by molar-refractivity contribution is -0.135. The van der Waals surface area contributed by atoms with Crippen molar-refractivity contribution in [1.29, 1.82) is 0 Å². The lowest BCUT2D eigenvalue weighted by atomic mass is 9.87. The van der Waals surface area contributed by atoms with Crippen molar-refractivity contribution in [2.75, 3.05) is 26.8 Å². The Morgan fingerprint density at radius 2 is 2.00 bits per heavy atom. The van der Waals surface area contributed by atoms with Crippen LogP contribution < -0.4 is 5.73 Å². The van der Waals surface area contributed by atoms with E-state index in [4.69, 9.17) is 22.1 Å². The fraction of sp³-hybridized carbons (Fsp3) is 0.562. The molecular formula is C16H23ClN2O3. The van der Waals surface area contributed by atoms with Crippen LogP contribution >= 0.6 is 11.6 Å². The molecule has 1 aromatic carbocycles. The number of amides is 1. The molecule has 22 heavy (non-hydrogen) atoms. The van der Waals surface area contributed by atoms with E-state index in [0.717, 1.165) is 18.4 Å². The quantitative estimate of drug-likeness (QED) is 0.861. The third-order valence-electron chi connectivity index (χ3n) is 4.17. The molecule has 6 heteroatoms. The van der Waals surface area contributed by atoms with E-state index in [0.29, 0.717) is 18.1 Å². The number of rotatable bonds is 5. The lowest BCUT2D eigenvalue weighted by Gasteiger charge is -2.35. The summed E-state index contributed by atoms with van der Waals surface area (Å²) in [5.74, 6) is 0.0603. The molecule has 5 nitrogen and oxygen atoms in total. The van der Waals surface area contributed by atoms with Gasteiger partial charge in [-0.2, -0.15) is 0 Å². The number of hydrogen-bond donors (Lipinski definition) is 2. The van der Waals surface area contributed by atoms with Gasteiger partial charge in [-0.25, -0.2) is 0 Å². The van der Waals surface area contributed by atoms with Gasteiger partial charge in [0.15, 0.2) is 0 Å². The Bertz CT molecular complexity index is 487. The Morgan fingerprint density at radius 1 is 1.41 bits per heavy atom. The molecule has 0 bridgehead atoms. The number of ether oxygens (including phenoxy) is 1. The van der Waals surface area contributed by atoms with E-state index in [1.165, 1.54) is 7.11 Å². The third-order valence-corrected chi connectivity index (χ3v) is 4.42. The number of benzene rings is 1. The van der Waals surface area contributed by atoms with Crippen LogP contribution in [0.3, 0.4) is 0 Å². The molecule has 2 atom stereocenters. The number of halogens is 1. The number of carbonyl (C=O) groups excluding carboxylic acids is 1. The molecule has 2 rings (SSSR count). The summed E-state index contributed by atoms with van der Waals surface area (Å²) in [6.45, 7) is 1.46. The SMILES string of the molecule is COCC(N)C(=O)N1CCC(C(O)c2ccc(Cl)cc2)CC1. The number of methoxy groups -OCH3 is 1. The lowest BCUT2D eigenvalue weighted by Crippen LogP contribution is -2.49. The van der Waals surface area contributed by atoms with Crippen LogP contribution in [0.2, 0.25) is 5.02 Å². The molecule has 1 aromatic rings. The van der Waals surface area contributed by atoms with Gasteiger partial charge in [-0.05, 0) is 36.5 Å². The highest BCUT2D eigenvalue weighted by atomic mass is 35.5. The number of piperidine rings is 1. The van der Waals surface area contributed by atoms with Crippen molar-refractivity contribution < 1.29 is 14.6 Å². The van der Waals surface area contributed by atoms with Crippen LogP contribution in [0.25, 0.3) is 0 Å². The van der Waals surface area contributed by atoms with Gasteiger partial charge < -0.3 is 20.5 Å². The molecule has 1 heterocycles.